The normalized spacial score (nSPS) is 10.8. The fourth-order valence-electron chi connectivity index (χ4n) is 1.68. The fraction of sp³-hybridized carbons (Fsp3) is 0.133. The van der Waals surface area contributed by atoms with Crippen LogP contribution in [-0.2, 0) is 4.79 Å². The van der Waals surface area contributed by atoms with Crippen LogP contribution in [-0.4, -0.2) is 5.97 Å². The van der Waals surface area contributed by atoms with E-state index >= 15 is 0 Å². The number of hydrogen-bond donors (Lipinski definition) is 0. The summed E-state index contributed by atoms with van der Waals surface area (Å²) in [5, 5.41) is 1.97. The number of aryl methyl sites for hydroxylation is 2. The Morgan fingerprint density at radius 2 is 1.94 bits per heavy atom. The molecule has 0 amide bonds. The van der Waals surface area contributed by atoms with E-state index in [4.69, 9.17) is 4.74 Å². The largest absolute Gasteiger partial charge is 0.423 e. The smallest absolute Gasteiger partial charge is 0.336 e. The number of hydrogen-bond acceptors (Lipinski definition) is 3. The van der Waals surface area contributed by atoms with Crippen molar-refractivity contribution in [3.8, 4) is 5.75 Å². The first-order valence-electron chi connectivity index (χ1n) is 5.65. The number of esters is 1. The van der Waals surface area contributed by atoms with Gasteiger partial charge in [-0.15, -0.1) is 11.3 Å². The molecule has 2 nitrogen and oxygen atoms in total. The van der Waals surface area contributed by atoms with Crippen LogP contribution in [0.15, 0.2) is 41.8 Å². The number of carbonyl (C=O) groups excluding carboxylic acids is 1. The summed E-state index contributed by atoms with van der Waals surface area (Å²) in [7, 11) is 0. The summed E-state index contributed by atoms with van der Waals surface area (Å²) < 4.78 is 5.25. The minimum atomic E-state index is -0.353. The van der Waals surface area contributed by atoms with E-state index in [1.54, 1.807) is 17.4 Å². The van der Waals surface area contributed by atoms with Gasteiger partial charge in [-0.1, -0.05) is 12.1 Å². The van der Waals surface area contributed by atoms with Crippen LogP contribution in [0.1, 0.15) is 16.0 Å². The predicted molar refractivity (Wildman–Crippen MR) is 74.9 cm³/mol. The average Bonchev–Trinajstić information content (AvgIpc) is 2.77. The maximum atomic E-state index is 11.6. The number of benzene rings is 1. The van der Waals surface area contributed by atoms with Gasteiger partial charge in [-0.3, -0.25) is 0 Å². The third-order valence-electron chi connectivity index (χ3n) is 2.34. The summed E-state index contributed by atoms with van der Waals surface area (Å²) in [6.07, 6.45) is 3.21. The van der Waals surface area contributed by atoms with Crippen molar-refractivity contribution in [1.29, 1.82) is 0 Å². The summed E-state index contributed by atoms with van der Waals surface area (Å²) in [5.41, 5.74) is 2.17. The molecular weight excluding hydrogens is 244 g/mol. The van der Waals surface area contributed by atoms with Crippen molar-refractivity contribution in [2.75, 3.05) is 0 Å². The summed E-state index contributed by atoms with van der Waals surface area (Å²) >= 11 is 1.58. The van der Waals surface area contributed by atoms with Gasteiger partial charge < -0.3 is 4.74 Å². The molecule has 2 aromatic rings. The lowest BCUT2D eigenvalue weighted by molar-refractivity contribution is -0.128. The maximum Gasteiger partial charge on any atom is 0.336 e. The van der Waals surface area contributed by atoms with E-state index in [1.165, 1.54) is 6.08 Å². The van der Waals surface area contributed by atoms with E-state index in [0.717, 1.165) is 16.0 Å². The van der Waals surface area contributed by atoms with E-state index in [9.17, 15) is 4.79 Å². The second-order valence-corrected chi connectivity index (χ2v) is 5.07. The SMILES string of the molecule is Cc1cc(C)cc(OC(=O)C=Cc2cccs2)c1. The van der Waals surface area contributed by atoms with Gasteiger partial charge >= 0.3 is 5.97 Å². The highest BCUT2D eigenvalue weighted by Gasteiger charge is 2.02. The van der Waals surface area contributed by atoms with Crippen LogP contribution in [0.4, 0.5) is 0 Å². The van der Waals surface area contributed by atoms with Crippen molar-refractivity contribution in [1.82, 2.24) is 0 Å². The molecule has 0 aliphatic carbocycles. The van der Waals surface area contributed by atoms with Crippen LogP contribution in [0.2, 0.25) is 0 Å². The topological polar surface area (TPSA) is 26.3 Å². The molecule has 0 bridgehead atoms. The van der Waals surface area contributed by atoms with Gasteiger partial charge in [0.25, 0.3) is 0 Å². The monoisotopic (exact) mass is 258 g/mol. The first-order chi connectivity index (χ1) is 8.63. The molecule has 1 aromatic heterocycles. The van der Waals surface area contributed by atoms with Crippen molar-refractivity contribution < 1.29 is 9.53 Å². The van der Waals surface area contributed by atoms with Gasteiger partial charge in [-0.05, 0) is 54.6 Å². The van der Waals surface area contributed by atoms with Gasteiger partial charge in [0.15, 0.2) is 0 Å². The number of rotatable bonds is 3. The summed E-state index contributed by atoms with van der Waals surface area (Å²) in [5.74, 6) is 0.238. The van der Waals surface area contributed by atoms with Gasteiger partial charge in [0, 0.05) is 11.0 Å². The molecule has 0 saturated heterocycles. The standard InChI is InChI=1S/C15H14O2S/c1-11-8-12(2)10-13(9-11)17-15(16)6-5-14-4-3-7-18-14/h3-10H,1-2H3. The first-order valence-corrected chi connectivity index (χ1v) is 6.53. The molecule has 0 aliphatic rings. The van der Waals surface area contributed by atoms with Crippen molar-refractivity contribution in [2.24, 2.45) is 0 Å². The first kappa shape index (κ1) is 12.6. The van der Waals surface area contributed by atoms with Gasteiger partial charge in [-0.2, -0.15) is 0 Å². The van der Waals surface area contributed by atoms with Gasteiger partial charge in [0.05, 0.1) is 0 Å². The van der Waals surface area contributed by atoms with Gasteiger partial charge in [0.1, 0.15) is 5.75 Å². The quantitative estimate of drug-likeness (QED) is 0.473. The molecule has 3 heteroatoms. The lowest BCUT2D eigenvalue weighted by atomic mass is 10.1. The highest BCUT2D eigenvalue weighted by molar-refractivity contribution is 7.10. The van der Waals surface area contributed by atoms with E-state index < -0.39 is 0 Å². The maximum absolute atomic E-state index is 11.6. The molecule has 92 valence electrons. The van der Waals surface area contributed by atoms with Crippen LogP contribution >= 0.6 is 11.3 Å². The van der Waals surface area contributed by atoms with Crippen LogP contribution in [0, 0.1) is 13.8 Å². The third-order valence-corrected chi connectivity index (χ3v) is 3.18. The lowest BCUT2D eigenvalue weighted by Crippen LogP contribution is -2.03. The molecule has 18 heavy (non-hydrogen) atoms. The molecular formula is C15H14O2S. The minimum Gasteiger partial charge on any atom is -0.423 e. The Bertz CT molecular complexity index is 548. The fourth-order valence-corrected chi connectivity index (χ4v) is 2.30. The summed E-state index contributed by atoms with van der Waals surface area (Å²) in [4.78, 5) is 12.7. The highest BCUT2D eigenvalue weighted by Crippen LogP contribution is 2.17. The van der Waals surface area contributed by atoms with Gasteiger partial charge in [-0.25, -0.2) is 4.79 Å². The Kier molecular flexibility index (Phi) is 3.95. The Labute approximate surface area is 111 Å². The zero-order valence-corrected chi connectivity index (χ0v) is 11.2. The third kappa shape index (κ3) is 3.57. The lowest BCUT2D eigenvalue weighted by Gasteiger charge is -2.04. The Morgan fingerprint density at radius 3 is 2.56 bits per heavy atom. The average molecular weight is 258 g/mol. The Balaban J connectivity index is 2.03. The zero-order chi connectivity index (χ0) is 13.0. The molecule has 1 heterocycles. The van der Waals surface area contributed by atoms with Gasteiger partial charge in [0.2, 0.25) is 0 Å². The minimum absolute atomic E-state index is 0.353. The molecule has 0 spiro atoms. The molecule has 0 N–H and O–H groups in total. The van der Waals surface area contributed by atoms with E-state index in [0.29, 0.717) is 5.75 Å². The number of thiophene rings is 1. The van der Waals surface area contributed by atoms with Crippen LogP contribution in [0.25, 0.3) is 6.08 Å². The molecule has 0 saturated carbocycles. The Morgan fingerprint density at radius 1 is 1.22 bits per heavy atom. The molecule has 0 aliphatic heterocycles. The summed E-state index contributed by atoms with van der Waals surface area (Å²) in [6, 6.07) is 9.64. The predicted octanol–water partition coefficient (Wildman–Crippen LogP) is 3.98. The van der Waals surface area contributed by atoms with Crippen LogP contribution in [0.5, 0.6) is 5.75 Å². The van der Waals surface area contributed by atoms with E-state index in [1.807, 2.05) is 49.6 Å². The van der Waals surface area contributed by atoms with E-state index in [-0.39, 0.29) is 5.97 Å². The van der Waals surface area contributed by atoms with Crippen molar-refractivity contribution in [3.05, 3.63) is 57.8 Å². The second kappa shape index (κ2) is 5.65. The molecule has 2 rings (SSSR count). The Hall–Kier alpha value is -1.87. The number of carbonyl (C=O) groups is 1. The van der Waals surface area contributed by atoms with E-state index in [2.05, 4.69) is 0 Å². The highest BCUT2D eigenvalue weighted by atomic mass is 32.1. The van der Waals surface area contributed by atoms with Crippen molar-refractivity contribution in [3.63, 3.8) is 0 Å². The molecule has 0 unspecified atom stereocenters. The van der Waals surface area contributed by atoms with Crippen molar-refractivity contribution >= 4 is 23.4 Å². The molecule has 0 radical (unpaired) electrons. The summed E-state index contributed by atoms with van der Waals surface area (Å²) in [6.45, 7) is 3.96. The number of ether oxygens (including phenoxy) is 1. The molecule has 1 aromatic carbocycles. The molecule has 0 fully saturated rings. The van der Waals surface area contributed by atoms with Crippen molar-refractivity contribution in [2.45, 2.75) is 13.8 Å². The van der Waals surface area contributed by atoms with Crippen LogP contribution in [0.3, 0.4) is 0 Å². The van der Waals surface area contributed by atoms with Crippen LogP contribution < -0.4 is 4.74 Å². The zero-order valence-electron chi connectivity index (χ0n) is 10.3. The second-order valence-electron chi connectivity index (χ2n) is 4.09. The molecule has 0 atom stereocenters.